The minimum atomic E-state index is 0.344. The Morgan fingerprint density at radius 2 is 2.16 bits per heavy atom. The van der Waals surface area contributed by atoms with Gasteiger partial charge < -0.3 is 9.88 Å². The first-order chi connectivity index (χ1) is 9.31. The molecule has 1 N–H and O–H groups in total. The minimum absolute atomic E-state index is 0.344. The number of pyridine rings is 1. The van der Waals surface area contributed by atoms with E-state index in [4.69, 9.17) is 4.98 Å². The van der Waals surface area contributed by atoms with Crippen LogP contribution in [-0.2, 0) is 6.54 Å². The predicted octanol–water partition coefficient (Wildman–Crippen LogP) is 1.42. The number of piperazine rings is 1. The van der Waals surface area contributed by atoms with Gasteiger partial charge in [0.05, 0.1) is 6.04 Å². The Morgan fingerprint density at radius 1 is 1.37 bits per heavy atom. The lowest BCUT2D eigenvalue weighted by Crippen LogP contribution is -2.45. The number of hydrogen-bond donors (Lipinski definition) is 1. The average Bonchev–Trinajstić information content (AvgIpc) is 2.85. The molecule has 0 radical (unpaired) electrons. The largest absolute Gasteiger partial charge is 0.314 e. The predicted molar refractivity (Wildman–Crippen MR) is 76.1 cm³/mol. The summed E-state index contributed by atoms with van der Waals surface area (Å²) in [5, 5.41) is 3.40. The fraction of sp³-hybridized carbons (Fsp3) is 0.571. The van der Waals surface area contributed by atoms with Crippen molar-refractivity contribution in [1.82, 2.24) is 24.8 Å². The van der Waals surface area contributed by atoms with Crippen molar-refractivity contribution in [3.63, 3.8) is 0 Å². The Balaban J connectivity index is 1.98. The second kappa shape index (κ2) is 5.27. The van der Waals surface area contributed by atoms with Crippen molar-refractivity contribution < 1.29 is 0 Å². The van der Waals surface area contributed by atoms with Crippen LogP contribution in [0.15, 0.2) is 18.3 Å². The van der Waals surface area contributed by atoms with E-state index in [0.717, 1.165) is 49.7 Å². The molecule has 1 unspecified atom stereocenters. The van der Waals surface area contributed by atoms with Gasteiger partial charge in [-0.3, -0.25) is 4.90 Å². The van der Waals surface area contributed by atoms with Crippen LogP contribution in [0, 0.1) is 0 Å². The van der Waals surface area contributed by atoms with Gasteiger partial charge in [0.25, 0.3) is 0 Å². The molecule has 0 saturated carbocycles. The van der Waals surface area contributed by atoms with Gasteiger partial charge in [0, 0.05) is 38.9 Å². The molecule has 2 aromatic rings. The van der Waals surface area contributed by atoms with Crippen LogP contribution in [0.4, 0.5) is 0 Å². The van der Waals surface area contributed by atoms with Gasteiger partial charge in [-0.15, -0.1) is 0 Å². The smallest absolute Gasteiger partial charge is 0.160 e. The van der Waals surface area contributed by atoms with Crippen molar-refractivity contribution in [2.75, 3.05) is 26.2 Å². The molecule has 0 spiro atoms. The molecule has 5 heteroatoms. The Morgan fingerprint density at radius 3 is 2.89 bits per heavy atom. The number of hydrogen-bond acceptors (Lipinski definition) is 4. The van der Waals surface area contributed by atoms with E-state index in [9.17, 15) is 0 Å². The highest BCUT2D eigenvalue weighted by molar-refractivity contribution is 5.71. The summed E-state index contributed by atoms with van der Waals surface area (Å²) in [5.41, 5.74) is 2.00. The van der Waals surface area contributed by atoms with Crippen molar-refractivity contribution in [3.8, 4) is 0 Å². The van der Waals surface area contributed by atoms with Crippen LogP contribution in [-0.4, -0.2) is 45.6 Å². The number of imidazole rings is 1. The van der Waals surface area contributed by atoms with Crippen molar-refractivity contribution in [1.29, 1.82) is 0 Å². The molecule has 3 rings (SSSR count). The third kappa shape index (κ3) is 2.24. The lowest BCUT2D eigenvalue weighted by atomic mass is 10.2. The Labute approximate surface area is 113 Å². The van der Waals surface area contributed by atoms with Crippen molar-refractivity contribution in [2.24, 2.45) is 0 Å². The maximum atomic E-state index is 4.80. The summed E-state index contributed by atoms with van der Waals surface area (Å²) < 4.78 is 2.24. The molecule has 0 bridgehead atoms. The first kappa shape index (κ1) is 12.6. The van der Waals surface area contributed by atoms with Gasteiger partial charge in [-0.25, -0.2) is 9.97 Å². The third-order valence-electron chi connectivity index (χ3n) is 3.92. The Hall–Kier alpha value is -1.46. The molecule has 1 aliphatic heterocycles. The van der Waals surface area contributed by atoms with E-state index in [2.05, 4.69) is 33.6 Å². The number of nitrogens with zero attached hydrogens (tertiary/aromatic N) is 4. The second-order valence-electron chi connectivity index (χ2n) is 5.02. The van der Waals surface area contributed by atoms with Crippen LogP contribution < -0.4 is 5.32 Å². The minimum Gasteiger partial charge on any atom is -0.314 e. The highest BCUT2D eigenvalue weighted by Crippen LogP contribution is 2.23. The normalized spacial score (nSPS) is 18.8. The quantitative estimate of drug-likeness (QED) is 0.905. The standard InChI is InChI=1S/C14H21N5/c1-3-19-13(11(2)18-9-7-15-8-10-18)17-12-5-4-6-16-14(12)19/h4-6,11,15H,3,7-10H2,1-2H3. The van der Waals surface area contributed by atoms with E-state index in [1.165, 1.54) is 0 Å². The van der Waals surface area contributed by atoms with E-state index in [0.29, 0.717) is 6.04 Å². The lowest BCUT2D eigenvalue weighted by molar-refractivity contribution is 0.176. The summed E-state index contributed by atoms with van der Waals surface area (Å²) in [6.45, 7) is 9.62. The highest BCUT2D eigenvalue weighted by atomic mass is 15.3. The third-order valence-corrected chi connectivity index (χ3v) is 3.92. The molecule has 1 saturated heterocycles. The molecule has 0 aliphatic carbocycles. The molecule has 1 aliphatic rings. The maximum absolute atomic E-state index is 4.80. The molecular formula is C14H21N5. The van der Waals surface area contributed by atoms with Gasteiger partial charge in [-0.1, -0.05) is 0 Å². The SMILES string of the molecule is CCn1c(C(C)N2CCNCC2)nc2cccnc21. The zero-order valence-corrected chi connectivity index (χ0v) is 11.6. The van der Waals surface area contributed by atoms with Crippen LogP contribution in [0.3, 0.4) is 0 Å². The summed E-state index contributed by atoms with van der Waals surface area (Å²) >= 11 is 0. The van der Waals surface area contributed by atoms with Crippen molar-refractivity contribution in [2.45, 2.75) is 26.4 Å². The molecule has 5 nitrogen and oxygen atoms in total. The van der Waals surface area contributed by atoms with E-state index in [1.54, 1.807) is 0 Å². The van der Waals surface area contributed by atoms with Crippen LogP contribution in [0.25, 0.3) is 11.2 Å². The molecule has 19 heavy (non-hydrogen) atoms. The molecule has 2 aromatic heterocycles. The summed E-state index contributed by atoms with van der Waals surface area (Å²) in [4.78, 5) is 11.8. The molecule has 3 heterocycles. The van der Waals surface area contributed by atoms with Crippen molar-refractivity contribution >= 4 is 11.2 Å². The number of aromatic nitrogens is 3. The van der Waals surface area contributed by atoms with Gasteiger partial charge in [-0.05, 0) is 26.0 Å². The Kier molecular flexibility index (Phi) is 3.48. The average molecular weight is 259 g/mol. The number of aryl methyl sites for hydroxylation is 1. The summed E-state index contributed by atoms with van der Waals surface area (Å²) in [5.74, 6) is 1.14. The molecule has 0 amide bonds. The fourth-order valence-electron chi connectivity index (χ4n) is 2.84. The first-order valence-electron chi connectivity index (χ1n) is 7.07. The van der Waals surface area contributed by atoms with Gasteiger partial charge in [0.1, 0.15) is 11.3 Å². The van der Waals surface area contributed by atoms with Gasteiger partial charge in [0.15, 0.2) is 5.65 Å². The van der Waals surface area contributed by atoms with Gasteiger partial charge in [-0.2, -0.15) is 0 Å². The molecule has 1 fully saturated rings. The summed E-state index contributed by atoms with van der Waals surface area (Å²) in [6.07, 6.45) is 1.84. The molecule has 102 valence electrons. The van der Waals surface area contributed by atoms with Crippen molar-refractivity contribution in [3.05, 3.63) is 24.2 Å². The van der Waals surface area contributed by atoms with Crippen LogP contribution in [0.2, 0.25) is 0 Å². The zero-order valence-electron chi connectivity index (χ0n) is 11.6. The van der Waals surface area contributed by atoms with E-state index >= 15 is 0 Å². The Bertz CT molecular complexity index is 556. The molecular weight excluding hydrogens is 238 g/mol. The molecule has 1 atom stereocenters. The summed E-state index contributed by atoms with van der Waals surface area (Å²) in [6, 6.07) is 4.34. The fourth-order valence-corrected chi connectivity index (χ4v) is 2.84. The number of nitrogens with one attached hydrogen (secondary N) is 1. The molecule has 0 aromatic carbocycles. The van der Waals surface area contributed by atoms with E-state index < -0.39 is 0 Å². The van der Waals surface area contributed by atoms with Gasteiger partial charge >= 0.3 is 0 Å². The highest BCUT2D eigenvalue weighted by Gasteiger charge is 2.23. The number of fused-ring (bicyclic) bond motifs is 1. The second-order valence-corrected chi connectivity index (χ2v) is 5.02. The zero-order chi connectivity index (χ0) is 13.2. The topological polar surface area (TPSA) is 46.0 Å². The number of rotatable bonds is 3. The monoisotopic (exact) mass is 259 g/mol. The summed E-state index contributed by atoms with van der Waals surface area (Å²) in [7, 11) is 0. The van der Waals surface area contributed by atoms with Gasteiger partial charge in [0.2, 0.25) is 0 Å². The van der Waals surface area contributed by atoms with E-state index in [-0.39, 0.29) is 0 Å². The van der Waals surface area contributed by atoms with Crippen LogP contribution in [0.1, 0.15) is 25.7 Å². The van der Waals surface area contributed by atoms with Crippen LogP contribution in [0.5, 0.6) is 0 Å². The van der Waals surface area contributed by atoms with E-state index in [1.807, 2.05) is 18.3 Å². The van der Waals surface area contributed by atoms with Crippen LogP contribution >= 0.6 is 0 Å². The first-order valence-corrected chi connectivity index (χ1v) is 7.07. The maximum Gasteiger partial charge on any atom is 0.160 e. The lowest BCUT2D eigenvalue weighted by Gasteiger charge is -2.32.